The van der Waals surface area contributed by atoms with Crippen LogP contribution in [0.25, 0.3) is 10.9 Å². The number of H-pyrrole nitrogens is 1. The van der Waals surface area contributed by atoms with E-state index in [-0.39, 0.29) is 43.4 Å². The fraction of sp³-hybridized carbons (Fsp3) is 0.306. The number of amides is 4. The molecule has 270 valence electrons. The molecule has 16 heteroatoms. The topological polar surface area (TPSA) is 190 Å². The second-order valence-corrected chi connectivity index (χ2v) is 12.9. The Balaban J connectivity index is 1.22. The Morgan fingerprint density at radius 3 is 2.52 bits per heavy atom. The monoisotopic (exact) mass is 733 g/mol. The summed E-state index contributed by atoms with van der Waals surface area (Å²) in [5, 5.41) is 5.68. The number of aromatic nitrogens is 1. The Morgan fingerprint density at radius 1 is 1.02 bits per heavy atom. The Morgan fingerprint density at radius 2 is 1.77 bits per heavy atom. The van der Waals surface area contributed by atoms with E-state index in [1.807, 2.05) is 30.3 Å². The molecule has 4 atom stereocenters. The minimum absolute atomic E-state index is 0.0118. The molecule has 4 aromatic rings. The van der Waals surface area contributed by atoms with Crippen LogP contribution >= 0.6 is 8.69 Å². The average Bonchev–Trinajstić information content (AvgIpc) is 3.75. The minimum Gasteiger partial charge on any atom is -0.459 e. The van der Waals surface area contributed by atoms with Gasteiger partial charge in [-0.1, -0.05) is 54.6 Å². The summed E-state index contributed by atoms with van der Waals surface area (Å²) in [6, 6.07) is 17.2. The average molecular weight is 734 g/mol. The number of rotatable bonds is 13. The number of carbonyl (C=O) groups excluding carboxylic acids is 5. The number of ether oxygens (including phenoxy) is 1. The first-order valence-corrected chi connectivity index (χ1v) is 17.2. The number of alkyl halides is 2. The largest absolute Gasteiger partial charge is 0.459 e. The Bertz CT molecular complexity index is 2030. The van der Waals surface area contributed by atoms with Crippen molar-refractivity contribution in [1.82, 2.24) is 20.5 Å². The van der Waals surface area contributed by atoms with Crippen molar-refractivity contribution in [2.24, 2.45) is 5.73 Å². The Labute approximate surface area is 297 Å². The number of benzene rings is 3. The Kier molecular flexibility index (Phi) is 10.7. The standard InChI is InChI=1S/C36H34F2N5O8P/c37-36(38,51-52-49)23-10-11-25-22(16-23)18-27(40-25)32(45)42-28-17-21-8-4-5-9-24(21)29-13-14-30(43(29)34(28)47)33(46)41-26(12-15-31(39)44)35(48)50-19-20-6-2-1-3-7-20/h1-11,16,18,26,28-30,40H,12-15,17,19H2,(H2,39,44)(H,41,46)(H,42,45)/t26-,28-,29+,30-/m0/s1. The van der Waals surface area contributed by atoms with E-state index in [0.717, 1.165) is 28.8 Å². The number of nitrogens with zero attached hydrogens (tertiary/aromatic N) is 1. The van der Waals surface area contributed by atoms with Crippen molar-refractivity contribution in [3.8, 4) is 0 Å². The second-order valence-electron chi connectivity index (χ2n) is 12.6. The number of esters is 1. The van der Waals surface area contributed by atoms with Crippen LogP contribution in [-0.2, 0) is 52.1 Å². The summed E-state index contributed by atoms with van der Waals surface area (Å²) in [6.07, 6.45) is -3.36. The lowest BCUT2D eigenvalue weighted by atomic mass is 9.96. The number of hydrogen-bond donors (Lipinski definition) is 4. The van der Waals surface area contributed by atoms with E-state index in [0.29, 0.717) is 11.9 Å². The molecule has 4 amide bonds. The van der Waals surface area contributed by atoms with Crippen LogP contribution in [0.2, 0.25) is 0 Å². The van der Waals surface area contributed by atoms with Crippen LogP contribution in [0, 0.1) is 0 Å². The number of halogens is 2. The van der Waals surface area contributed by atoms with Crippen LogP contribution in [0.1, 0.15) is 64.5 Å². The number of fused-ring (bicyclic) bond motifs is 4. The maximum absolute atomic E-state index is 14.3. The first-order chi connectivity index (χ1) is 24.9. The zero-order valence-electron chi connectivity index (χ0n) is 27.6. The number of aromatic amines is 1. The van der Waals surface area contributed by atoms with Gasteiger partial charge in [0.15, 0.2) is 0 Å². The fourth-order valence-corrected chi connectivity index (χ4v) is 6.93. The van der Waals surface area contributed by atoms with Crippen molar-refractivity contribution in [1.29, 1.82) is 0 Å². The van der Waals surface area contributed by atoms with Gasteiger partial charge in [-0.3, -0.25) is 19.2 Å². The summed E-state index contributed by atoms with van der Waals surface area (Å²) >= 11 is 0. The number of primary amides is 1. The van der Waals surface area contributed by atoms with E-state index in [2.05, 4.69) is 20.1 Å². The molecule has 0 aliphatic carbocycles. The summed E-state index contributed by atoms with van der Waals surface area (Å²) in [5.41, 5.74) is 7.44. The lowest BCUT2D eigenvalue weighted by molar-refractivity contribution is -0.178. The SMILES string of the molecule is NC(=O)CC[C@H](NC(=O)[C@@H]1CC[C@@H]2c3ccccc3C[C@H](NC(=O)c3cc4cc(C(F)(F)OP=O)ccc4[nH]3)C(=O)N21)C(=O)OCc1ccccc1. The molecule has 2 aliphatic heterocycles. The molecule has 3 aromatic carbocycles. The zero-order valence-corrected chi connectivity index (χ0v) is 28.4. The summed E-state index contributed by atoms with van der Waals surface area (Å²) < 4.78 is 48.5. The van der Waals surface area contributed by atoms with Gasteiger partial charge in [0.1, 0.15) is 30.4 Å². The quantitative estimate of drug-likeness (QED) is 0.115. The highest BCUT2D eigenvalue weighted by Gasteiger charge is 2.47. The summed E-state index contributed by atoms with van der Waals surface area (Å²) in [6.45, 7) is -0.0591. The number of nitrogens with one attached hydrogen (secondary N) is 3. The third-order valence-electron chi connectivity index (χ3n) is 9.24. The van der Waals surface area contributed by atoms with Crippen molar-refractivity contribution >= 4 is 49.2 Å². The molecular formula is C36H34F2N5O8P. The molecule has 1 fully saturated rings. The predicted octanol–water partition coefficient (Wildman–Crippen LogP) is 4.32. The minimum atomic E-state index is -3.84. The highest BCUT2D eigenvalue weighted by atomic mass is 31.1. The fourth-order valence-electron chi connectivity index (χ4n) is 6.73. The van der Waals surface area contributed by atoms with Crippen LogP contribution in [0.5, 0.6) is 0 Å². The first-order valence-electron chi connectivity index (χ1n) is 16.5. The van der Waals surface area contributed by atoms with Gasteiger partial charge in [0.2, 0.25) is 17.7 Å². The van der Waals surface area contributed by atoms with Crippen molar-refractivity contribution < 1.29 is 46.6 Å². The second kappa shape index (κ2) is 15.4. The van der Waals surface area contributed by atoms with Gasteiger partial charge >= 0.3 is 20.8 Å². The molecule has 52 heavy (non-hydrogen) atoms. The van der Waals surface area contributed by atoms with Gasteiger partial charge < -0.3 is 31.0 Å². The van der Waals surface area contributed by atoms with Crippen molar-refractivity contribution in [3.05, 3.63) is 107 Å². The molecular weight excluding hydrogens is 699 g/mol. The molecule has 13 nitrogen and oxygen atoms in total. The van der Waals surface area contributed by atoms with E-state index in [9.17, 15) is 37.3 Å². The number of carbonyl (C=O) groups is 5. The predicted molar refractivity (Wildman–Crippen MR) is 181 cm³/mol. The van der Waals surface area contributed by atoms with Gasteiger partial charge in [-0.15, -0.1) is 0 Å². The molecule has 1 aromatic heterocycles. The van der Waals surface area contributed by atoms with Crippen LogP contribution in [0.15, 0.2) is 78.9 Å². The highest BCUT2D eigenvalue weighted by Crippen LogP contribution is 2.41. The van der Waals surface area contributed by atoms with Crippen molar-refractivity contribution in [3.63, 3.8) is 0 Å². The highest BCUT2D eigenvalue weighted by molar-refractivity contribution is 7.17. The van der Waals surface area contributed by atoms with E-state index < -0.39 is 74.1 Å². The van der Waals surface area contributed by atoms with E-state index in [4.69, 9.17) is 10.5 Å². The molecule has 0 unspecified atom stereocenters. The lowest BCUT2D eigenvalue weighted by Crippen LogP contribution is -2.55. The van der Waals surface area contributed by atoms with Gasteiger partial charge in [0, 0.05) is 23.7 Å². The number of hydrogen-bond acceptors (Lipinski definition) is 8. The normalized spacial score (nSPS) is 19.0. The van der Waals surface area contributed by atoms with E-state index in [1.165, 1.54) is 17.0 Å². The van der Waals surface area contributed by atoms with E-state index in [1.54, 1.807) is 24.3 Å². The third-order valence-corrected chi connectivity index (χ3v) is 9.55. The van der Waals surface area contributed by atoms with Crippen LogP contribution < -0.4 is 16.4 Å². The molecule has 0 radical (unpaired) electrons. The third kappa shape index (κ3) is 7.85. The van der Waals surface area contributed by atoms with Crippen molar-refractivity contribution in [2.45, 2.75) is 69.0 Å². The molecule has 2 aliphatic rings. The maximum Gasteiger partial charge on any atom is 0.393 e. The smallest absolute Gasteiger partial charge is 0.393 e. The van der Waals surface area contributed by atoms with Gasteiger partial charge in [-0.25, -0.2) is 13.9 Å². The molecule has 0 saturated carbocycles. The van der Waals surface area contributed by atoms with Gasteiger partial charge in [-0.05, 0) is 60.2 Å². The lowest BCUT2D eigenvalue weighted by Gasteiger charge is -2.31. The van der Waals surface area contributed by atoms with Crippen molar-refractivity contribution in [2.75, 3.05) is 0 Å². The van der Waals surface area contributed by atoms with Crippen LogP contribution in [-0.4, -0.2) is 57.6 Å². The summed E-state index contributed by atoms with van der Waals surface area (Å²) in [4.78, 5) is 70.8. The molecule has 0 bridgehead atoms. The number of nitrogens with two attached hydrogens (primary N) is 1. The first kappa shape index (κ1) is 36.3. The van der Waals surface area contributed by atoms with Gasteiger partial charge in [0.05, 0.1) is 11.6 Å². The van der Waals surface area contributed by atoms with E-state index >= 15 is 0 Å². The Hall–Kier alpha value is -5.53. The van der Waals surface area contributed by atoms with Crippen LogP contribution in [0.3, 0.4) is 0 Å². The molecule has 5 N–H and O–H groups in total. The summed E-state index contributed by atoms with van der Waals surface area (Å²) in [7, 11) is -1.20. The molecule has 1 saturated heterocycles. The molecule has 6 rings (SSSR count). The zero-order chi connectivity index (χ0) is 37.0. The van der Waals surface area contributed by atoms with Gasteiger partial charge in [0.25, 0.3) is 5.91 Å². The molecule has 0 spiro atoms. The summed E-state index contributed by atoms with van der Waals surface area (Å²) in [5.74, 6) is -3.29. The van der Waals surface area contributed by atoms with Gasteiger partial charge in [-0.2, -0.15) is 8.78 Å². The van der Waals surface area contributed by atoms with Crippen LogP contribution in [0.4, 0.5) is 8.78 Å². The molecule has 3 heterocycles. The maximum atomic E-state index is 14.3.